The number of aliphatic carboxylic acids is 1. The Morgan fingerprint density at radius 2 is 1.11 bits per heavy atom. The summed E-state index contributed by atoms with van der Waals surface area (Å²) in [4.78, 5) is 23.8. The SMILES string of the molecule is CCCCCCCCC(CCCCCCCC)(CC(=O)S(=O)(=O)O)C(=O)O. The van der Waals surface area contributed by atoms with Crippen molar-refractivity contribution >= 4 is 21.2 Å². The summed E-state index contributed by atoms with van der Waals surface area (Å²) in [5.74, 6) is -1.14. The summed E-state index contributed by atoms with van der Waals surface area (Å²) in [6.45, 7) is 4.24. The smallest absolute Gasteiger partial charge is 0.328 e. The van der Waals surface area contributed by atoms with Gasteiger partial charge in [0, 0.05) is 6.42 Å². The largest absolute Gasteiger partial charge is 0.481 e. The highest BCUT2D eigenvalue weighted by Crippen LogP contribution is 2.37. The molecule has 0 aromatic carbocycles. The molecule has 2 N–H and O–H groups in total. The van der Waals surface area contributed by atoms with Gasteiger partial charge in [-0.3, -0.25) is 14.1 Å². The second kappa shape index (κ2) is 14.1. The molecule has 0 unspecified atom stereocenters. The normalized spacial score (nSPS) is 12.3. The van der Waals surface area contributed by atoms with E-state index in [2.05, 4.69) is 13.8 Å². The Hall–Kier alpha value is -0.950. The van der Waals surface area contributed by atoms with Crippen LogP contribution < -0.4 is 0 Å². The lowest BCUT2D eigenvalue weighted by molar-refractivity contribution is -0.152. The molecule has 0 heterocycles. The number of hydrogen-bond donors (Lipinski definition) is 2. The molecule has 6 nitrogen and oxygen atoms in total. The van der Waals surface area contributed by atoms with Gasteiger partial charge >= 0.3 is 16.1 Å². The number of carboxylic acids is 1. The van der Waals surface area contributed by atoms with Crippen LogP contribution >= 0.6 is 0 Å². The van der Waals surface area contributed by atoms with Crippen molar-refractivity contribution in [2.45, 2.75) is 110 Å². The van der Waals surface area contributed by atoms with Crippen molar-refractivity contribution in [3.8, 4) is 0 Å². The molecule has 7 heteroatoms. The zero-order valence-electron chi connectivity index (χ0n) is 17.0. The molecule has 0 aliphatic carbocycles. The molecule has 0 saturated heterocycles. The van der Waals surface area contributed by atoms with E-state index in [0.29, 0.717) is 12.8 Å². The Kier molecular flexibility index (Phi) is 13.6. The van der Waals surface area contributed by atoms with Gasteiger partial charge in [0.1, 0.15) is 0 Å². The van der Waals surface area contributed by atoms with Crippen LogP contribution in [0.25, 0.3) is 0 Å². The van der Waals surface area contributed by atoms with Gasteiger partial charge in [-0.2, -0.15) is 8.42 Å². The first-order valence-corrected chi connectivity index (χ1v) is 11.9. The molecule has 0 spiro atoms. The molecular formula is C20H38O6S. The summed E-state index contributed by atoms with van der Waals surface area (Å²) in [7, 11) is -4.86. The van der Waals surface area contributed by atoms with Crippen LogP contribution in [0.4, 0.5) is 0 Å². The van der Waals surface area contributed by atoms with Crippen molar-refractivity contribution in [3.63, 3.8) is 0 Å². The summed E-state index contributed by atoms with van der Waals surface area (Å²) in [6.07, 6.45) is 11.6. The van der Waals surface area contributed by atoms with Gasteiger partial charge in [-0.15, -0.1) is 0 Å². The molecule has 0 aromatic heterocycles. The molecule has 160 valence electrons. The summed E-state index contributed by atoms with van der Waals surface area (Å²) >= 11 is 0. The maximum atomic E-state index is 12.0. The number of rotatable bonds is 17. The standard InChI is InChI=1S/C20H38O6S/c1-3-5-7-9-11-13-15-20(19(22)23,17-18(21)27(24,25)26)16-14-12-10-8-6-4-2/h3-17H2,1-2H3,(H,22,23)(H,24,25,26). The molecule has 0 rings (SSSR count). The Labute approximate surface area is 164 Å². The maximum Gasteiger partial charge on any atom is 0.328 e. The lowest BCUT2D eigenvalue weighted by atomic mass is 9.75. The fraction of sp³-hybridized carbons (Fsp3) is 0.900. The van der Waals surface area contributed by atoms with E-state index < -0.39 is 33.0 Å². The number of unbranched alkanes of at least 4 members (excludes halogenated alkanes) is 10. The van der Waals surface area contributed by atoms with Crippen molar-refractivity contribution in [1.82, 2.24) is 0 Å². The number of carbonyl (C=O) groups excluding carboxylic acids is 1. The third-order valence-electron chi connectivity index (χ3n) is 5.24. The average molecular weight is 407 g/mol. The molecule has 0 atom stereocenters. The predicted octanol–water partition coefficient (Wildman–Crippen LogP) is 5.36. The molecule has 27 heavy (non-hydrogen) atoms. The van der Waals surface area contributed by atoms with Crippen LogP contribution in [0.5, 0.6) is 0 Å². The minimum Gasteiger partial charge on any atom is -0.481 e. The molecule has 0 amide bonds. The van der Waals surface area contributed by atoms with Crippen LogP contribution in [-0.4, -0.2) is 29.2 Å². The van der Waals surface area contributed by atoms with Crippen LogP contribution in [0.1, 0.15) is 110 Å². The summed E-state index contributed by atoms with van der Waals surface area (Å²) in [6, 6.07) is 0. The molecule has 0 bridgehead atoms. The highest BCUT2D eigenvalue weighted by Gasteiger charge is 2.42. The van der Waals surface area contributed by atoms with Gasteiger partial charge in [-0.25, -0.2) is 0 Å². The van der Waals surface area contributed by atoms with Gasteiger partial charge in [-0.1, -0.05) is 90.9 Å². The van der Waals surface area contributed by atoms with Gasteiger partial charge in [0.2, 0.25) is 0 Å². The zero-order chi connectivity index (χ0) is 20.8. The van der Waals surface area contributed by atoms with E-state index in [1.807, 2.05) is 0 Å². The summed E-state index contributed by atoms with van der Waals surface area (Å²) in [5.41, 5.74) is -1.40. The molecule has 0 aliphatic rings. The third-order valence-corrected chi connectivity index (χ3v) is 5.96. The highest BCUT2D eigenvalue weighted by atomic mass is 32.2. The molecule has 0 aromatic rings. The highest BCUT2D eigenvalue weighted by molar-refractivity contribution is 8.01. The lowest BCUT2D eigenvalue weighted by Crippen LogP contribution is -2.35. The number of carboxylic acid groups (broad SMARTS) is 1. The van der Waals surface area contributed by atoms with Crippen molar-refractivity contribution in [3.05, 3.63) is 0 Å². The first-order chi connectivity index (χ1) is 12.7. The number of carbonyl (C=O) groups is 2. The number of hydrogen-bond acceptors (Lipinski definition) is 4. The molecule has 0 radical (unpaired) electrons. The van der Waals surface area contributed by atoms with Crippen LogP contribution in [-0.2, 0) is 19.7 Å². The second-order valence-corrected chi connectivity index (χ2v) is 9.05. The second-order valence-electron chi connectivity index (χ2n) is 7.64. The maximum absolute atomic E-state index is 12.0. The quantitative estimate of drug-likeness (QED) is 0.248. The van der Waals surface area contributed by atoms with E-state index in [9.17, 15) is 23.1 Å². The van der Waals surface area contributed by atoms with E-state index in [4.69, 9.17) is 4.55 Å². The van der Waals surface area contributed by atoms with E-state index in [0.717, 1.165) is 64.2 Å². The molecular weight excluding hydrogens is 368 g/mol. The topological polar surface area (TPSA) is 109 Å². The van der Waals surface area contributed by atoms with E-state index in [1.54, 1.807) is 0 Å². The average Bonchev–Trinajstić information content (AvgIpc) is 2.59. The Morgan fingerprint density at radius 1 is 0.741 bits per heavy atom. The van der Waals surface area contributed by atoms with Crippen LogP contribution in [0.2, 0.25) is 0 Å². The van der Waals surface area contributed by atoms with Crippen LogP contribution in [0.3, 0.4) is 0 Å². The van der Waals surface area contributed by atoms with Gasteiger partial charge in [-0.05, 0) is 12.8 Å². The van der Waals surface area contributed by atoms with Gasteiger partial charge in [0.15, 0.2) is 0 Å². The Bertz CT molecular complexity index is 511. The fourth-order valence-corrected chi connectivity index (χ4v) is 3.90. The van der Waals surface area contributed by atoms with Crippen molar-refractivity contribution in [2.75, 3.05) is 0 Å². The van der Waals surface area contributed by atoms with Crippen molar-refractivity contribution in [1.29, 1.82) is 0 Å². The summed E-state index contributed by atoms with van der Waals surface area (Å²) < 4.78 is 31.3. The van der Waals surface area contributed by atoms with Gasteiger partial charge in [0.05, 0.1) is 5.41 Å². The summed E-state index contributed by atoms with van der Waals surface area (Å²) in [5, 5.41) is 8.40. The van der Waals surface area contributed by atoms with Crippen molar-refractivity contribution in [2.24, 2.45) is 5.41 Å². The Balaban J connectivity index is 4.89. The van der Waals surface area contributed by atoms with Crippen molar-refractivity contribution < 1.29 is 27.7 Å². The molecule has 0 saturated carbocycles. The third kappa shape index (κ3) is 11.5. The Morgan fingerprint density at radius 3 is 1.44 bits per heavy atom. The minimum atomic E-state index is -4.86. The first kappa shape index (κ1) is 26.1. The van der Waals surface area contributed by atoms with Gasteiger partial charge < -0.3 is 5.11 Å². The first-order valence-electron chi connectivity index (χ1n) is 10.4. The van der Waals surface area contributed by atoms with Crippen LogP contribution in [0, 0.1) is 5.41 Å². The fourth-order valence-electron chi connectivity index (χ4n) is 3.45. The zero-order valence-corrected chi connectivity index (χ0v) is 17.9. The lowest BCUT2D eigenvalue weighted by Gasteiger charge is -2.28. The van der Waals surface area contributed by atoms with E-state index in [1.165, 1.54) is 0 Å². The molecule has 0 aliphatic heterocycles. The predicted molar refractivity (Wildman–Crippen MR) is 107 cm³/mol. The van der Waals surface area contributed by atoms with E-state index in [-0.39, 0.29) is 12.8 Å². The van der Waals surface area contributed by atoms with Crippen LogP contribution in [0.15, 0.2) is 0 Å². The minimum absolute atomic E-state index is 0.269. The monoisotopic (exact) mass is 406 g/mol. The van der Waals surface area contributed by atoms with Gasteiger partial charge in [0.25, 0.3) is 5.12 Å². The van der Waals surface area contributed by atoms with E-state index >= 15 is 0 Å². The molecule has 0 fully saturated rings.